The Bertz CT molecular complexity index is 991. The zero-order valence-electron chi connectivity index (χ0n) is 14.6. The average molecular weight is 354 g/mol. The van der Waals surface area contributed by atoms with E-state index >= 15 is 0 Å². The van der Waals surface area contributed by atoms with Crippen molar-refractivity contribution in [3.05, 3.63) is 52.8 Å². The monoisotopic (exact) mass is 354 g/mol. The number of hydrogen-bond donors (Lipinski definition) is 2. The first-order valence-electron chi connectivity index (χ1n) is 7.75. The lowest BCUT2D eigenvalue weighted by molar-refractivity contribution is 0.355. The molecule has 3 aromatic rings. The number of nitrogens with one attached hydrogen (secondary N) is 2. The smallest absolute Gasteiger partial charge is 0.292 e. The maximum Gasteiger partial charge on any atom is 0.292 e. The Kier molecular flexibility index (Phi) is 5.02. The molecule has 1 aromatic heterocycles. The molecule has 2 aromatic carbocycles. The van der Waals surface area contributed by atoms with Crippen LogP contribution in [0.4, 0.5) is 11.4 Å². The van der Waals surface area contributed by atoms with Gasteiger partial charge >= 0.3 is 0 Å². The third kappa shape index (κ3) is 3.30. The molecule has 0 spiro atoms. The van der Waals surface area contributed by atoms with Gasteiger partial charge < -0.3 is 14.2 Å². The van der Waals surface area contributed by atoms with Gasteiger partial charge in [0.1, 0.15) is 11.4 Å². The van der Waals surface area contributed by atoms with E-state index in [0.29, 0.717) is 34.2 Å². The first kappa shape index (κ1) is 17.3. The zero-order chi connectivity index (χ0) is 18.5. The number of nitrogens with zero attached hydrogens (tertiary/aromatic N) is 2. The van der Waals surface area contributed by atoms with Crippen molar-refractivity contribution in [1.82, 2.24) is 10.2 Å². The number of azo groups is 1. The van der Waals surface area contributed by atoms with Crippen LogP contribution in [0, 0.1) is 0 Å². The summed E-state index contributed by atoms with van der Waals surface area (Å²) in [6.07, 6.45) is 0. The fourth-order valence-electron chi connectivity index (χ4n) is 2.46. The lowest BCUT2D eigenvalue weighted by Gasteiger charge is -2.08. The van der Waals surface area contributed by atoms with Gasteiger partial charge in [-0.05, 0) is 30.3 Å². The SMILES string of the molecule is COc1ccccc1N=Nc1c(-c2ccc(OC)c(OC)c2)[nH][nH]c1=O. The Morgan fingerprint density at radius 1 is 0.808 bits per heavy atom. The highest BCUT2D eigenvalue weighted by Gasteiger charge is 2.14. The lowest BCUT2D eigenvalue weighted by Crippen LogP contribution is -1.96. The molecule has 0 aliphatic rings. The van der Waals surface area contributed by atoms with E-state index in [1.165, 1.54) is 0 Å². The van der Waals surface area contributed by atoms with Gasteiger partial charge in [0.15, 0.2) is 17.2 Å². The number of H-pyrrole nitrogens is 2. The number of aromatic nitrogens is 2. The molecule has 0 unspecified atom stereocenters. The lowest BCUT2D eigenvalue weighted by atomic mass is 10.1. The average Bonchev–Trinajstić information content (AvgIpc) is 3.06. The minimum Gasteiger partial charge on any atom is -0.494 e. The van der Waals surface area contributed by atoms with Crippen molar-refractivity contribution in [2.75, 3.05) is 21.3 Å². The van der Waals surface area contributed by atoms with Crippen molar-refractivity contribution in [3.8, 4) is 28.5 Å². The van der Waals surface area contributed by atoms with Crippen LogP contribution in [-0.2, 0) is 0 Å². The fourth-order valence-corrected chi connectivity index (χ4v) is 2.46. The van der Waals surface area contributed by atoms with E-state index in [4.69, 9.17) is 14.2 Å². The first-order valence-corrected chi connectivity index (χ1v) is 7.75. The van der Waals surface area contributed by atoms with Gasteiger partial charge in [0, 0.05) is 5.56 Å². The van der Waals surface area contributed by atoms with Gasteiger partial charge in [-0.15, -0.1) is 10.2 Å². The molecule has 0 atom stereocenters. The van der Waals surface area contributed by atoms with Crippen LogP contribution in [0.25, 0.3) is 11.3 Å². The largest absolute Gasteiger partial charge is 0.494 e. The van der Waals surface area contributed by atoms with E-state index in [0.717, 1.165) is 0 Å². The summed E-state index contributed by atoms with van der Waals surface area (Å²) in [6, 6.07) is 12.5. The summed E-state index contributed by atoms with van der Waals surface area (Å²) < 4.78 is 15.8. The van der Waals surface area contributed by atoms with Crippen molar-refractivity contribution in [2.45, 2.75) is 0 Å². The number of rotatable bonds is 6. The van der Waals surface area contributed by atoms with Gasteiger partial charge in [-0.25, -0.2) is 0 Å². The van der Waals surface area contributed by atoms with Crippen LogP contribution in [0.1, 0.15) is 0 Å². The highest BCUT2D eigenvalue weighted by molar-refractivity contribution is 5.73. The topological polar surface area (TPSA) is 101 Å². The summed E-state index contributed by atoms with van der Waals surface area (Å²) in [5, 5.41) is 13.6. The quantitative estimate of drug-likeness (QED) is 0.657. The van der Waals surface area contributed by atoms with Crippen LogP contribution in [0.3, 0.4) is 0 Å². The Labute approximate surface area is 149 Å². The molecule has 2 N–H and O–H groups in total. The third-order valence-electron chi connectivity index (χ3n) is 3.77. The van der Waals surface area contributed by atoms with Crippen molar-refractivity contribution < 1.29 is 14.2 Å². The molecule has 8 nitrogen and oxygen atoms in total. The van der Waals surface area contributed by atoms with Crippen LogP contribution in [0.15, 0.2) is 57.5 Å². The van der Waals surface area contributed by atoms with Crippen LogP contribution in [0.5, 0.6) is 17.2 Å². The Hall–Kier alpha value is -3.55. The number of para-hydroxylation sites is 1. The van der Waals surface area contributed by atoms with E-state index in [-0.39, 0.29) is 11.2 Å². The minimum absolute atomic E-state index is 0.156. The molecule has 0 saturated carbocycles. The molecule has 8 heteroatoms. The molecule has 0 bridgehead atoms. The second-order valence-electron chi connectivity index (χ2n) is 5.24. The molecular weight excluding hydrogens is 336 g/mol. The molecule has 0 saturated heterocycles. The summed E-state index contributed by atoms with van der Waals surface area (Å²) in [5.41, 5.74) is 1.50. The molecule has 0 aliphatic heterocycles. The van der Waals surface area contributed by atoms with Crippen molar-refractivity contribution in [2.24, 2.45) is 10.2 Å². The maximum atomic E-state index is 12.1. The summed E-state index contributed by atoms with van der Waals surface area (Å²) >= 11 is 0. The minimum atomic E-state index is -0.381. The molecule has 3 rings (SSSR count). The van der Waals surface area contributed by atoms with Gasteiger partial charge in [-0.3, -0.25) is 15.0 Å². The number of ether oxygens (including phenoxy) is 3. The molecule has 134 valence electrons. The highest BCUT2D eigenvalue weighted by atomic mass is 16.5. The van der Waals surface area contributed by atoms with Crippen LogP contribution in [0.2, 0.25) is 0 Å². The van der Waals surface area contributed by atoms with Crippen LogP contribution in [-0.4, -0.2) is 31.5 Å². The van der Waals surface area contributed by atoms with E-state index in [2.05, 4.69) is 20.4 Å². The number of methoxy groups -OCH3 is 3. The number of aromatic amines is 2. The second kappa shape index (κ2) is 7.56. The Morgan fingerprint density at radius 2 is 1.54 bits per heavy atom. The summed E-state index contributed by atoms with van der Waals surface area (Å²) in [4.78, 5) is 12.1. The van der Waals surface area contributed by atoms with Gasteiger partial charge in [0.05, 0.1) is 27.0 Å². The predicted molar refractivity (Wildman–Crippen MR) is 97.1 cm³/mol. The van der Waals surface area contributed by atoms with Crippen LogP contribution >= 0.6 is 0 Å². The molecule has 0 aliphatic carbocycles. The van der Waals surface area contributed by atoms with Crippen molar-refractivity contribution in [1.29, 1.82) is 0 Å². The molecule has 0 amide bonds. The fraction of sp³-hybridized carbons (Fsp3) is 0.167. The molecular formula is C18H18N4O4. The van der Waals surface area contributed by atoms with Crippen molar-refractivity contribution >= 4 is 11.4 Å². The van der Waals surface area contributed by atoms with E-state index in [9.17, 15) is 4.79 Å². The zero-order valence-corrected chi connectivity index (χ0v) is 14.6. The third-order valence-corrected chi connectivity index (χ3v) is 3.77. The number of hydrogen-bond acceptors (Lipinski definition) is 6. The van der Waals surface area contributed by atoms with Crippen LogP contribution < -0.4 is 19.8 Å². The highest BCUT2D eigenvalue weighted by Crippen LogP contribution is 2.35. The molecule has 26 heavy (non-hydrogen) atoms. The second-order valence-corrected chi connectivity index (χ2v) is 5.24. The van der Waals surface area contributed by atoms with Gasteiger partial charge in [0.25, 0.3) is 5.56 Å². The first-order chi connectivity index (χ1) is 12.7. The number of benzene rings is 2. The standard InChI is InChI=1S/C18H18N4O4/c1-24-13-7-5-4-6-12(13)19-21-17-16(20-22-18(17)23)11-8-9-14(25-2)15(10-11)26-3/h4-10H,1-3H3,(H2,20,22,23). The molecule has 0 fully saturated rings. The van der Waals surface area contributed by atoms with E-state index < -0.39 is 0 Å². The Morgan fingerprint density at radius 3 is 2.27 bits per heavy atom. The Balaban J connectivity index is 2.02. The molecule has 0 radical (unpaired) electrons. The predicted octanol–water partition coefficient (Wildman–Crippen LogP) is 3.81. The van der Waals surface area contributed by atoms with Gasteiger partial charge in [-0.1, -0.05) is 12.1 Å². The van der Waals surface area contributed by atoms with Crippen molar-refractivity contribution in [3.63, 3.8) is 0 Å². The van der Waals surface area contributed by atoms with E-state index in [1.54, 1.807) is 51.7 Å². The maximum absolute atomic E-state index is 12.1. The van der Waals surface area contributed by atoms with E-state index in [1.807, 2.05) is 12.1 Å². The normalized spacial score (nSPS) is 10.9. The van der Waals surface area contributed by atoms with Gasteiger partial charge in [0.2, 0.25) is 0 Å². The molecule has 1 heterocycles. The summed E-state index contributed by atoms with van der Waals surface area (Å²) in [7, 11) is 4.65. The van der Waals surface area contributed by atoms with Gasteiger partial charge in [-0.2, -0.15) is 0 Å². The summed E-state index contributed by atoms with van der Waals surface area (Å²) in [5.74, 6) is 1.70. The summed E-state index contributed by atoms with van der Waals surface area (Å²) in [6.45, 7) is 0.